The van der Waals surface area contributed by atoms with Gasteiger partial charge in [-0.05, 0) is 39.6 Å². The quantitative estimate of drug-likeness (QED) is 0.417. The highest BCUT2D eigenvalue weighted by Gasteiger charge is 2.41. The Bertz CT molecular complexity index is 894. The van der Waals surface area contributed by atoms with Crippen molar-refractivity contribution in [1.82, 2.24) is 15.1 Å². The fourth-order valence-corrected chi connectivity index (χ4v) is 5.09. The van der Waals surface area contributed by atoms with Gasteiger partial charge in [-0.3, -0.25) is 9.59 Å². The van der Waals surface area contributed by atoms with Gasteiger partial charge in [-0.1, -0.05) is 6.07 Å². The molecule has 1 saturated heterocycles. The number of nitrogens with one attached hydrogen (secondary N) is 2. The van der Waals surface area contributed by atoms with Crippen LogP contribution in [-0.2, 0) is 9.59 Å². The van der Waals surface area contributed by atoms with Crippen LogP contribution in [0.25, 0.3) is 0 Å². The maximum Gasteiger partial charge on any atom is 0.405 e. The van der Waals surface area contributed by atoms with Crippen LogP contribution in [0.5, 0.6) is 5.75 Å². The highest BCUT2D eigenvalue weighted by Crippen LogP contribution is 2.37. The molecule has 1 heterocycles. The SMILES string of the molecule is CCN1C(=O)C(CCNc2cccc(OCCN(C)C)c2)SC1CC(C#N)C(=O)NCC(F)(F)F. The largest absolute Gasteiger partial charge is 0.492 e. The lowest BCUT2D eigenvalue weighted by Gasteiger charge is -2.23. The minimum atomic E-state index is -4.56. The Kier molecular flexibility index (Phi) is 11.0. The first-order valence-corrected chi connectivity index (χ1v) is 12.3. The highest BCUT2D eigenvalue weighted by molar-refractivity contribution is 8.01. The second-order valence-electron chi connectivity index (χ2n) is 8.35. The minimum Gasteiger partial charge on any atom is -0.492 e. The Morgan fingerprint density at radius 2 is 2.11 bits per heavy atom. The Morgan fingerprint density at radius 3 is 2.74 bits per heavy atom. The third-order valence-corrected chi connectivity index (χ3v) is 6.84. The molecule has 12 heteroatoms. The van der Waals surface area contributed by atoms with Crippen molar-refractivity contribution < 1.29 is 27.5 Å². The number of ether oxygens (including phenoxy) is 1. The smallest absolute Gasteiger partial charge is 0.405 e. The molecule has 1 aliphatic heterocycles. The fourth-order valence-electron chi connectivity index (χ4n) is 3.50. The third kappa shape index (κ3) is 9.49. The number of nitriles is 1. The lowest BCUT2D eigenvalue weighted by molar-refractivity contribution is -0.140. The van der Waals surface area contributed by atoms with Crippen LogP contribution in [0.4, 0.5) is 18.9 Å². The summed E-state index contributed by atoms with van der Waals surface area (Å²) in [5.74, 6) is -1.61. The van der Waals surface area contributed by atoms with Gasteiger partial charge in [0, 0.05) is 37.8 Å². The molecule has 194 valence electrons. The Labute approximate surface area is 208 Å². The number of carbonyl (C=O) groups excluding carboxylic acids is 2. The summed E-state index contributed by atoms with van der Waals surface area (Å²) < 4.78 is 42.9. The molecule has 0 radical (unpaired) electrons. The van der Waals surface area contributed by atoms with E-state index in [1.54, 1.807) is 23.2 Å². The van der Waals surface area contributed by atoms with Crippen LogP contribution in [0.1, 0.15) is 19.8 Å². The Morgan fingerprint density at radius 1 is 1.37 bits per heavy atom. The van der Waals surface area contributed by atoms with Gasteiger partial charge in [-0.25, -0.2) is 0 Å². The molecule has 0 aromatic heterocycles. The molecular formula is C23H32F3N5O3S. The molecule has 2 rings (SSSR count). The van der Waals surface area contributed by atoms with E-state index < -0.39 is 29.9 Å². The lowest BCUT2D eigenvalue weighted by atomic mass is 10.1. The molecule has 1 aromatic rings. The summed E-state index contributed by atoms with van der Waals surface area (Å²) in [7, 11) is 3.94. The number of benzene rings is 1. The summed E-state index contributed by atoms with van der Waals surface area (Å²) in [6.45, 7) is 2.56. The summed E-state index contributed by atoms with van der Waals surface area (Å²) in [4.78, 5) is 28.5. The van der Waals surface area contributed by atoms with Crippen molar-refractivity contribution in [2.24, 2.45) is 5.92 Å². The zero-order chi connectivity index (χ0) is 26.0. The number of halogens is 3. The van der Waals surface area contributed by atoms with Gasteiger partial charge in [0.15, 0.2) is 0 Å². The van der Waals surface area contributed by atoms with E-state index in [9.17, 15) is 28.0 Å². The molecule has 3 unspecified atom stereocenters. The van der Waals surface area contributed by atoms with E-state index in [1.165, 1.54) is 11.8 Å². The number of rotatable bonds is 13. The van der Waals surface area contributed by atoms with Crippen LogP contribution in [0.2, 0.25) is 0 Å². The van der Waals surface area contributed by atoms with Crippen molar-refractivity contribution in [3.63, 3.8) is 0 Å². The number of hydrogen-bond acceptors (Lipinski definition) is 7. The molecule has 0 spiro atoms. The molecule has 35 heavy (non-hydrogen) atoms. The van der Waals surface area contributed by atoms with Gasteiger partial charge in [-0.2, -0.15) is 18.4 Å². The van der Waals surface area contributed by atoms with Crippen LogP contribution in [0.15, 0.2) is 24.3 Å². The molecule has 2 amide bonds. The summed E-state index contributed by atoms with van der Waals surface area (Å²) >= 11 is 1.34. The number of nitrogens with zero attached hydrogens (tertiary/aromatic N) is 3. The number of thioether (sulfide) groups is 1. The zero-order valence-electron chi connectivity index (χ0n) is 20.1. The topological polar surface area (TPSA) is 97.7 Å². The van der Waals surface area contributed by atoms with Crippen LogP contribution in [-0.4, -0.2) is 85.3 Å². The third-order valence-electron chi connectivity index (χ3n) is 5.32. The number of anilines is 1. The van der Waals surface area contributed by atoms with E-state index in [4.69, 9.17) is 4.74 Å². The standard InChI is InChI=1S/C23H32F3N5O3S/c1-4-31-20(12-16(14-27)21(32)29-15-23(24,25)26)35-19(22(31)33)8-9-28-17-6-5-7-18(13-17)34-11-10-30(2)3/h5-7,13,16,19-20,28H,4,8-12,15H2,1-3H3,(H,29,32). The first-order chi connectivity index (χ1) is 16.5. The predicted molar refractivity (Wildman–Crippen MR) is 129 cm³/mol. The molecule has 0 saturated carbocycles. The molecule has 8 nitrogen and oxygen atoms in total. The minimum absolute atomic E-state index is 0.0271. The van der Waals surface area contributed by atoms with E-state index in [-0.39, 0.29) is 17.6 Å². The maximum atomic E-state index is 12.8. The van der Waals surface area contributed by atoms with Crippen molar-refractivity contribution in [3.8, 4) is 11.8 Å². The average molecular weight is 516 g/mol. The number of carbonyl (C=O) groups is 2. The molecular weight excluding hydrogens is 483 g/mol. The first kappa shape index (κ1) is 28.6. The first-order valence-electron chi connectivity index (χ1n) is 11.4. The molecule has 1 aliphatic rings. The van der Waals surface area contributed by atoms with Gasteiger partial charge >= 0.3 is 6.18 Å². The van der Waals surface area contributed by atoms with Crippen molar-refractivity contribution in [2.45, 2.75) is 36.6 Å². The van der Waals surface area contributed by atoms with Gasteiger partial charge in [0.1, 0.15) is 24.8 Å². The van der Waals surface area contributed by atoms with Gasteiger partial charge < -0.3 is 25.2 Å². The maximum absolute atomic E-state index is 12.8. The van der Waals surface area contributed by atoms with Gasteiger partial charge in [0.05, 0.1) is 16.7 Å². The van der Waals surface area contributed by atoms with E-state index in [2.05, 4.69) is 5.32 Å². The summed E-state index contributed by atoms with van der Waals surface area (Å²) in [6, 6.07) is 9.31. The Balaban J connectivity index is 1.88. The molecule has 1 fully saturated rings. The molecule has 1 aromatic carbocycles. The highest BCUT2D eigenvalue weighted by atomic mass is 32.2. The summed E-state index contributed by atoms with van der Waals surface area (Å²) in [5, 5.41) is 13.5. The van der Waals surface area contributed by atoms with Crippen LogP contribution < -0.4 is 15.4 Å². The number of hydrogen-bond donors (Lipinski definition) is 2. The molecule has 0 bridgehead atoms. The van der Waals surface area contributed by atoms with E-state index in [0.29, 0.717) is 26.1 Å². The van der Waals surface area contributed by atoms with Crippen LogP contribution in [0, 0.1) is 17.2 Å². The summed E-state index contributed by atoms with van der Waals surface area (Å²) in [5.41, 5.74) is 0.859. The number of amides is 2. The monoisotopic (exact) mass is 515 g/mol. The lowest BCUT2D eigenvalue weighted by Crippen LogP contribution is -2.40. The predicted octanol–water partition coefficient (Wildman–Crippen LogP) is 2.93. The molecule has 3 atom stereocenters. The van der Waals surface area contributed by atoms with Gasteiger partial charge in [0.2, 0.25) is 11.8 Å². The summed E-state index contributed by atoms with van der Waals surface area (Å²) in [6.07, 6.45) is -4.07. The number of likely N-dealkylation sites (N-methyl/N-ethyl adjacent to an activating group) is 1. The fraction of sp³-hybridized carbons (Fsp3) is 0.609. The number of alkyl halides is 3. The Hall–Kier alpha value is -2.65. The van der Waals surface area contributed by atoms with E-state index in [0.717, 1.165) is 18.0 Å². The molecule has 0 aliphatic carbocycles. The van der Waals surface area contributed by atoms with Crippen LogP contribution >= 0.6 is 11.8 Å². The van der Waals surface area contributed by atoms with Gasteiger partial charge in [0.25, 0.3) is 0 Å². The average Bonchev–Trinajstić information content (AvgIpc) is 3.09. The molecule has 2 N–H and O–H groups in total. The normalized spacial score (nSPS) is 18.9. The zero-order valence-corrected chi connectivity index (χ0v) is 20.9. The van der Waals surface area contributed by atoms with Crippen molar-refractivity contribution in [1.29, 1.82) is 5.26 Å². The van der Waals surface area contributed by atoms with E-state index in [1.807, 2.05) is 43.3 Å². The second kappa shape index (κ2) is 13.4. The van der Waals surface area contributed by atoms with Crippen molar-refractivity contribution >= 4 is 29.3 Å². The van der Waals surface area contributed by atoms with Gasteiger partial charge in [-0.15, -0.1) is 11.8 Å². The van der Waals surface area contributed by atoms with Crippen molar-refractivity contribution in [3.05, 3.63) is 24.3 Å². The van der Waals surface area contributed by atoms with E-state index >= 15 is 0 Å². The van der Waals surface area contributed by atoms with Crippen molar-refractivity contribution in [2.75, 3.05) is 52.2 Å². The van der Waals surface area contributed by atoms with Crippen LogP contribution in [0.3, 0.4) is 0 Å². The second-order valence-corrected chi connectivity index (χ2v) is 9.73.